The fourth-order valence-corrected chi connectivity index (χ4v) is 2.04. The predicted molar refractivity (Wildman–Crippen MR) is 68.6 cm³/mol. The van der Waals surface area contributed by atoms with Crippen molar-refractivity contribution >= 4 is 5.97 Å². The molecule has 0 atom stereocenters. The van der Waals surface area contributed by atoms with Crippen molar-refractivity contribution < 1.29 is 9.90 Å². The Bertz CT molecular complexity index is 573. The number of aliphatic carboxylic acids is 1. The second kappa shape index (κ2) is 5.04. The van der Waals surface area contributed by atoms with E-state index in [0.29, 0.717) is 6.54 Å². The molecule has 4 nitrogen and oxygen atoms in total. The van der Waals surface area contributed by atoms with E-state index in [1.807, 2.05) is 48.9 Å². The smallest absolute Gasteiger partial charge is 0.307 e. The molecule has 2 aromatic rings. The highest BCUT2D eigenvalue weighted by atomic mass is 16.4. The van der Waals surface area contributed by atoms with E-state index in [0.717, 1.165) is 22.5 Å². The van der Waals surface area contributed by atoms with Crippen LogP contribution in [0.1, 0.15) is 22.5 Å². The molecule has 4 heteroatoms. The lowest BCUT2D eigenvalue weighted by Gasteiger charge is -2.09. The maximum Gasteiger partial charge on any atom is 0.307 e. The average molecular weight is 244 g/mol. The molecule has 0 bridgehead atoms. The van der Waals surface area contributed by atoms with Crippen LogP contribution in [-0.2, 0) is 17.8 Å². The highest BCUT2D eigenvalue weighted by Gasteiger charge is 2.08. The summed E-state index contributed by atoms with van der Waals surface area (Å²) in [7, 11) is 0. The van der Waals surface area contributed by atoms with E-state index in [4.69, 9.17) is 5.11 Å². The number of benzene rings is 1. The van der Waals surface area contributed by atoms with Gasteiger partial charge in [0.1, 0.15) is 0 Å². The summed E-state index contributed by atoms with van der Waals surface area (Å²) in [6, 6.07) is 9.61. The zero-order valence-corrected chi connectivity index (χ0v) is 10.6. The van der Waals surface area contributed by atoms with E-state index in [2.05, 4.69) is 5.10 Å². The molecule has 0 aliphatic rings. The highest BCUT2D eigenvalue weighted by Crippen LogP contribution is 2.13. The molecule has 18 heavy (non-hydrogen) atoms. The normalized spacial score (nSPS) is 10.6. The summed E-state index contributed by atoms with van der Waals surface area (Å²) >= 11 is 0. The van der Waals surface area contributed by atoms with Gasteiger partial charge in [-0.3, -0.25) is 9.48 Å². The van der Waals surface area contributed by atoms with Crippen LogP contribution in [0, 0.1) is 13.8 Å². The number of nitrogens with zero attached hydrogens (tertiary/aromatic N) is 2. The number of hydrogen-bond acceptors (Lipinski definition) is 2. The zero-order chi connectivity index (χ0) is 13.1. The number of rotatable bonds is 4. The van der Waals surface area contributed by atoms with Gasteiger partial charge in [0.05, 0.1) is 18.7 Å². The van der Waals surface area contributed by atoms with Crippen molar-refractivity contribution in [2.75, 3.05) is 0 Å². The first-order valence-electron chi connectivity index (χ1n) is 5.86. The molecular formula is C14H16N2O2. The largest absolute Gasteiger partial charge is 0.481 e. The van der Waals surface area contributed by atoms with Gasteiger partial charge in [-0.15, -0.1) is 0 Å². The fourth-order valence-electron chi connectivity index (χ4n) is 2.04. The van der Waals surface area contributed by atoms with Crippen LogP contribution in [0.3, 0.4) is 0 Å². The van der Waals surface area contributed by atoms with Crippen molar-refractivity contribution in [1.29, 1.82) is 0 Å². The van der Waals surface area contributed by atoms with Gasteiger partial charge in [0, 0.05) is 5.69 Å². The molecule has 1 N–H and O–H groups in total. The van der Waals surface area contributed by atoms with Gasteiger partial charge >= 0.3 is 5.97 Å². The van der Waals surface area contributed by atoms with Crippen LogP contribution in [0.2, 0.25) is 0 Å². The van der Waals surface area contributed by atoms with Crippen LogP contribution in [0.4, 0.5) is 0 Å². The molecule has 0 saturated heterocycles. The van der Waals surface area contributed by atoms with Crippen molar-refractivity contribution in [3.05, 3.63) is 52.8 Å². The molecule has 0 spiro atoms. The predicted octanol–water partition coefficient (Wildman–Crippen LogP) is 2.18. The molecule has 0 unspecified atom stereocenters. The van der Waals surface area contributed by atoms with Gasteiger partial charge in [-0.25, -0.2) is 0 Å². The second-order valence-electron chi connectivity index (χ2n) is 4.42. The first kappa shape index (κ1) is 12.4. The van der Waals surface area contributed by atoms with Gasteiger partial charge in [-0.2, -0.15) is 5.10 Å². The Hall–Kier alpha value is -2.10. The Morgan fingerprint density at radius 3 is 2.50 bits per heavy atom. The number of carboxylic acids is 1. The lowest BCUT2D eigenvalue weighted by atomic mass is 10.0. The Kier molecular flexibility index (Phi) is 3.46. The topological polar surface area (TPSA) is 55.1 Å². The molecule has 1 aromatic carbocycles. The summed E-state index contributed by atoms with van der Waals surface area (Å²) in [5, 5.41) is 13.3. The maximum atomic E-state index is 10.8. The highest BCUT2D eigenvalue weighted by molar-refractivity contribution is 5.70. The third-order valence-corrected chi connectivity index (χ3v) is 2.88. The fraction of sp³-hybridized carbons (Fsp3) is 0.286. The van der Waals surface area contributed by atoms with Gasteiger partial charge in [0.25, 0.3) is 0 Å². The lowest BCUT2D eigenvalue weighted by Crippen LogP contribution is -2.09. The summed E-state index contributed by atoms with van der Waals surface area (Å²) in [5.41, 5.74) is 3.91. The number of aromatic nitrogens is 2. The van der Waals surface area contributed by atoms with Gasteiger partial charge in [0.15, 0.2) is 0 Å². The van der Waals surface area contributed by atoms with Gasteiger partial charge in [-0.1, -0.05) is 24.3 Å². The molecular weight excluding hydrogens is 228 g/mol. The molecule has 0 fully saturated rings. The molecule has 1 aromatic heterocycles. The van der Waals surface area contributed by atoms with E-state index in [9.17, 15) is 4.79 Å². The van der Waals surface area contributed by atoms with Crippen molar-refractivity contribution in [3.63, 3.8) is 0 Å². The minimum Gasteiger partial charge on any atom is -0.481 e. The molecule has 94 valence electrons. The lowest BCUT2D eigenvalue weighted by molar-refractivity contribution is -0.136. The van der Waals surface area contributed by atoms with Gasteiger partial charge in [-0.05, 0) is 31.0 Å². The molecule has 0 aliphatic heterocycles. The van der Waals surface area contributed by atoms with Crippen LogP contribution in [0.5, 0.6) is 0 Å². The number of carboxylic acid groups (broad SMARTS) is 1. The number of carbonyl (C=O) groups is 1. The molecule has 1 heterocycles. The van der Waals surface area contributed by atoms with Crippen LogP contribution in [0.25, 0.3) is 0 Å². The average Bonchev–Trinajstić information content (AvgIpc) is 2.59. The van der Waals surface area contributed by atoms with E-state index < -0.39 is 5.97 Å². The first-order chi connectivity index (χ1) is 8.56. The zero-order valence-electron chi connectivity index (χ0n) is 10.6. The van der Waals surface area contributed by atoms with Crippen LogP contribution < -0.4 is 0 Å². The molecule has 0 amide bonds. The Morgan fingerprint density at radius 2 is 1.94 bits per heavy atom. The number of hydrogen-bond donors (Lipinski definition) is 1. The van der Waals surface area contributed by atoms with Gasteiger partial charge < -0.3 is 5.11 Å². The minimum atomic E-state index is -0.809. The summed E-state index contributed by atoms with van der Waals surface area (Å²) in [6.07, 6.45) is 0.0511. The SMILES string of the molecule is Cc1cc(C)n(Cc2ccccc2CC(=O)O)n1. The van der Waals surface area contributed by atoms with Crippen LogP contribution >= 0.6 is 0 Å². The van der Waals surface area contributed by atoms with Crippen molar-refractivity contribution in [2.24, 2.45) is 0 Å². The van der Waals surface area contributed by atoms with Gasteiger partial charge in [0.2, 0.25) is 0 Å². The summed E-state index contributed by atoms with van der Waals surface area (Å²) in [6.45, 7) is 4.57. The van der Waals surface area contributed by atoms with Crippen molar-refractivity contribution in [1.82, 2.24) is 9.78 Å². The summed E-state index contributed by atoms with van der Waals surface area (Å²) in [5.74, 6) is -0.809. The van der Waals surface area contributed by atoms with Crippen LogP contribution in [0.15, 0.2) is 30.3 Å². The van der Waals surface area contributed by atoms with Crippen molar-refractivity contribution in [2.45, 2.75) is 26.8 Å². The quantitative estimate of drug-likeness (QED) is 0.896. The van der Waals surface area contributed by atoms with E-state index >= 15 is 0 Å². The van der Waals surface area contributed by atoms with Crippen LogP contribution in [-0.4, -0.2) is 20.9 Å². The molecule has 0 aliphatic carbocycles. The number of aryl methyl sites for hydroxylation is 2. The minimum absolute atomic E-state index is 0.0511. The standard InChI is InChI=1S/C14H16N2O2/c1-10-7-11(2)16(15-10)9-13-6-4-3-5-12(13)8-14(17)18/h3-7H,8-9H2,1-2H3,(H,17,18). The molecule has 0 radical (unpaired) electrons. The maximum absolute atomic E-state index is 10.8. The van der Waals surface area contributed by atoms with E-state index in [1.54, 1.807) is 0 Å². The third-order valence-electron chi connectivity index (χ3n) is 2.88. The molecule has 2 rings (SSSR count). The monoisotopic (exact) mass is 244 g/mol. The van der Waals surface area contributed by atoms with Crippen molar-refractivity contribution in [3.8, 4) is 0 Å². The third kappa shape index (κ3) is 2.77. The Morgan fingerprint density at radius 1 is 1.28 bits per heavy atom. The first-order valence-corrected chi connectivity index (χ1v) is 5.86. The second-order valence-corrected chi connectivity index (χ2v) is 4.42. The van der Waals surface area contributed by atoms with E-state index in [-0.39, 0.29) is 6.42 Å². The Labute approximate surface area is 106 Å². The summed E-state index contributed by atoms with van der Waals surface area (Å²) in [4.78, 5) is 10.8. The summed E-state index contributed by atoms with van der Waals surface area (Å²) < 4.78 is 1.90. The molecule has 0 saturated carbocycles. The van der Waals surface area contributed by atoms with E-state index in [1.165, 1.54) is 0 Å². The Balaban J connectivity index is 2.28.